The molecule has 1 aliphatic heterocycles. The van der Waals surface area contributed by atoms with Gasteiger partial charge in [0, 0.05) is 18.1 Å². The van der Waals surface area contributed by atoms with Gasteiger partial charge in [0.2, 0.25) is 21.8 Å². The predicted molar refractivity (Wildman–Crippen MR) is 184 cm³/mol. The Bertz CT molecular complexity index is 1680. The maximum atomic E-state index is 14.6. The van der Waals surface area contributed by atoms with Gasteiger partial charge in [-0.1, -0.05) is 104 Å². The number of halogens is 1. The van der Waals surface area contributed by atoms with E-state index in [0.717, 1.165) is 30.4 Å². The fourth-order valence-electron chi connectivity index (χ4n) is 6.28. The number of amides is 2. The molecule has 1 aliphatic carbocycles. The van der Waals surface area contributed by atoms with E-state index in [1.54, 1.807) is 43.0 Å². The maximum Gasteiger partial charge on any atom is 0.248 e. The molecular formula is C36H43ClN4O5S. The zero-order valence-electron chi connectivity index (χ0n) is 26.9. The molecule has 3 aromatic rings. The van der Waals surface area contributed by atoms with Crippen LogP contribution in [0.2, 0.25) is 5.02 Å². The van der Waals surface area contributed by atoms with Gasteiger partial charge in [0.15, 0.2) is 0 Å². The first-order valence-corrected chi connectivity index (χ1v) is 17.8. The molecule has 11 heteroatoms. The van der Waals surface area contributed by atoms with Gasteiger partial charge in [0.05, 0.1) is 29.2 Å². The van der Waals surface area contributed by atoms with E-state index >= 15 is 0 Å². The van der Waals surface area contributed by atoms with E-state index in [4.69, 9.17) is 22.1 Å². The van der Waals surface area contributed by atoms with Crippen LogP contribution in [-0.4, -0.2) is 55.4 Å². The second kappa shape index (κ2) is 14.7. The van der Waals surface area contributed by atoms with Gasteiger partial charge in [-0.25, -0.2) is 13.1 Å². The van der Waals surface area contributed by atoms with Crippen molar-refractivity contribution >= 4 is 38.3 Å². The summed E-state index contributed by atoms with van der Waals surface area (Å²) in [6.07, 6.45) is 3.94. The van der Waals surface area contributed by atoms with Gasteiger partial charge in [-0.2, -0.15) is 0 Å². The molecule has 1 saturated carbocycles. The van der Waals surface area contributed by atoms with Crippen molar-refractivity contribution in [1.82, 2.24) is 14.9 Å². The molecule has 0 saturated heterocycles. The molecular weight excluding hydrogens is 636 g/mol. The number of sulfonamides is 1. The first kappa shape index (κ1) is 34.8. The number of ether oxygens (including phenoxy) is 1. The molecule has 1 atom stereocenters. The molecule has 3 aromatic carbocycles. The van der Waals surface area contributed by atoms with E-state index in [2.05, 4.69) is 10.0 Å². The Kier molecular flexibility index (Phi) is 10.9. The number of benzene rings is 3. The molecule has 47 heavy (non-hydrogen) atoms. The van der Waals surface area contributed by atoms with Gasteiger partial charge in [-0.3, -0.25) is 9.59 Å². The highest BCUT2D eigenvalue weighted by Crippen LogP contribution is 2.46. The third kappa shape index (κ3) is 8.49. The van der Waals surface area contributed by atoms with E-state index in [1.807, 2.05) is 60.7 Å². The van der Waals surface area contributed by atoms with Gasteiger partial charge < -0.3 is 20.7 Å². The molecule has 0 unspecified atom stereocenters. The Morgan fingerprint density at radius 1 is 0.936 bits per heavy atom. The Morgan fingerprint density at radius 2 is 1.53 bits per heavy atom. The van der Waals surface area contributed by atoms with Gasteiger partial charge in [-0.05, 0) is 61.1 Å². The van der Waals surface area contributed by atoms with Crippen LogP contribution >= 0.6 is 11.6 Å². The summed E-state index contributed by atoms with van der Waals surface area (Å²) in [4.78, 5) is 29.6. The standard InChI is InChI=1S/C36H43ClN4O5S/c1-35(2,38)34(43)39-31(25-46-24-27-14-8-4-9-15-27)33(42)41(22-26-12-6-3-7-13-26)23-30-32(28-16-18-29(37)19-17-28)47(44,45)40-36(30)20-10-5-11-21-36/h3-4,6-9,12-19,31,40H,5,10-11,20-25,38H2,1-2H3,(H,39,43)/t31-/m1/s1. The summed E-state index contributed by atoms with van der Waals surface area (Å²) < 4.78 is 36.8. The molecule has 2 aliphatic rings. The van der Waals surface area contributed by atoms with Crippen LogP contribution in [0, 0.1) is 0 Å². The lowest BCUT2D eigenvalue weighted by atomic mass is 9.76. The Balaban J connectivity index is 1.56. The van der Waals surface area contributed by atoms with Crippen molar-refractivity contribution in [1.29, 1.82) is 0 Å². The van der Waals surface area contributed by atoms with E-state index in [9.17, 15) is 18.0 Å². The molecule has 0 aromatic heterocycles. The van der Waals surface area contributed by atoms with Crippen molar-refractivity contribution in [3.05, 3.63) is 112 Å². The number of carbonyl (C=O) groups excluding carboxylic acids is 2. The smallest absolute Gasteiger partial charge is 0.248 e. The summed E-state index contributed by atoms with van der Waals surface area (Å²) >= 11 is 6.18. The molecule has 0 radical (unpaired) electrons. The van der Waals surface area contributed by atoms with E-state index in [-0.39, 0.29) is 31.2 Å². The zero-order chi connectivity index (χ0) is 33.7. The van der Waals surface area contributed by atoms with Crippen LogP contribution in [0.1, 0.15) is 62.6 Å². The summed E-state index contributed by atoms with van der Waals surface area (Å²) in [5, 5.41) is 3.32. The second-order valence-corrected chi connectivity index (χ2v) is 15.0. The van der Waals surface area contributed by atoms with Gasteiger partial charge in [-0.15, -0.1) is 0 Å². The highest BCUT2D eigenvalue weighted by Gasteiger charge is 2.50. The van der Waals surface area contributed by atoms with E-state index in [1.165, 1.54) is 0 Å². The van der Waals surface area contributed by atoms with Crippen molar-refractivity contribution in [3.63, 3.8) is 0 Å². The van der Waals surface area contributed by atoms with Gasteiger partial charge in [0.25, 0.3) is 0 Å². The quantitative estimate of drug-likeness (QED) is 0.243. The average Bonchev–Trinajstić information content (AvgIpc) is 3.25. The molecule has 9 nitrogen and oxygen atoms in total. The fraction of sp³-hybridized carbons (Fsp3) is 0.389. The number of nitrogens with zero attached hydrogens (tertiary/aromatic N) is 1. The minimum atomic E-state index is -3.92. The highest BCUT2D eigenvalue weighted by atomic mass is 35.5. The summed E-state index contributed by atoms with van der Waals surface area (Å²) in [6, 6.07) is 24.7. The van der Waals surface area contributed by atoms with Gasteiger partial charge >= 0.3 is 0 Å². The Hall–Kier alpha value is -3.54. The largest absolute Gasteiger partial charge is 0.374 e. The minimum absolute atomic E-state index is 0.0228. The molecule has 1 spiro atoms. The van der Waals surface area contributed by atoms with Crippen molar-refractivity contribution in [3.8, 4) is 0 Å². The number of nitrogens with one attached hydrogen (secondary N) is 2. The third-order valence-corrected chi connectivity index (χ3v) is 10.7. The fourth-order valence-corrected chi connectivity index (χ4v) is 8.38. The number of carbonyl (C=O) groups is 2. The average molecular weight is 679 g/mol. The topological polar surface area (TPSA) is 131 Å². The maximum absolute atomic E-state index is 14.6. The van der Waals surface area contributed by atoms with Crippen LogP contribution in [-0.2, 0) is 37.5 Å². The lowest BCUT2D eigenvalue weighted by Crippen LogP contribution is -2.58. The van der Waals surface area contributed by atoms with Crippen molar-refractivity contribution in [2.45, 2.75) is 76.2 Å². The normalized spacial score (nSPS) is 17.8. The zero-order valence-corrected chi connectivity index (χ0v) is 28.4. The van der Waals surface area contributed by atoms with Crippen LogP contribution in [0.5, 0.6) is 0 Å². The molecule has 250 valence electrons. The highest BCUT2D eigenvalue weighted by molar-refractivity contribution is 7.99. The van der Waals surface area contributed by atoms with Crippen LogP contribution < -0.4 is 15.8 Å². The Labute approximate surface area is 282 Å². The van der Waals surface area contributed by atoms with E-state index < -0.39 is 39.0 Å². The van der Waals surface area contributed by atoms with Crippen molar-refractivity contribution < 1.29 is 22.7 Å². The number of rotatable bonds is 12. The summed E-state index contributed by atoms with van der Waals surface area (Å²) in [5.41, 5.74) is 6.97. The number of nitrogens with two attached hydrogens (primary N) is 1. The molecule has 5 rings (SSSR count). The van der Waals surface area contributed by atoms with Crippen molar-refractivity contribution in [2.24, 2.45) is 5.73 Å². The molecule has 2 amide bonds. The van der Waals surface area contributed by atoms with Crippen LogP contribution in [0.3, 0.4) is 0 Å². The number of hydrogen-bond acceptors (Lipinski definition) is 6. The first-order valence-electron chi connectivity index (χ1n) is 16.0. The third-order valence-electron chi connectivity index (χ3n) is 8.73. The number of hydrogen-bond donors (Lipinski definition) is 3. The predicted octanol–water partition coefficient (Wildman–Crippen LogP) is 5.15. The molecule has 4 N–H and O–H groups in total. The van der Waals surface area contributed by atoms with Crippen molar-refractivity contribution in [2.75, 3.05) is 13.2 Å². The SMILES string of the molecule is CC(C)(N)C(=O)N[C@H](COCc1ccccc1)C(=O)N(CC1=C(c2ccc(Cl)cc2)S(=O)(=O)NC12CCCCC2)Cc1ccccc1. The minimum Gasteiger partial charge on any atom is -0.374 e. The molecule has 1 fully saturated rings. The lowest BCUT2D eigenvalue weighted by molar-refractivity contribution is -0.139. The van der Waals surface area contributed by atoms with Crippen LogP contribution in [0.15, 0.2) is 90.5 Å². The molecule has 0 bridgehead atoms. The lowest BCUT2D eigenvalue weighted by Gasteiger charge is -2.38. The summed E-state index contributed by atoms with van der Waals surface area (Å²) in [6.45, 7) is 3.48. The summed E-state index contributed by atoms with van der Waals surface area (Å²) in [5.74, 6) is -0.911. The molecule has 1 heterocycles. The summed E-state index contributed by atoms with van der Waals surface area (Å²) in [7, 11) is -3.92. The van der Waals surface area contributed by atoms with Gasteiger partial charge in [0.1, 0.15) is 6.04 Å². The van der Waals surface area contributed by atoms with Crippen LogP contribution in [0.4, 0.5) is 0 Å². The first-order chi connectivity index (χ1) is 22.4. The monoisotopic (exact) mass is 678 g/mol. The van der Waals surface area contributed by atoms with E-state index in [0.29, 0.717) is 29.0 Å². The Morgan fingerprint density at radius 3 is 2.13 bits per heavy atom. The van der Waals surface area contributed by atoms with Crippen LogP contribution in [0.25, 0.3) is 4.91 Å². The second-order valence-electron chi connectivity index (χ2n) is 13.0.